The van der Waals surface area contributed by atoms with Gasteiger partial charge >= 0.3 is 5.97 Å². The van der Waals surface area contributed by atoms with Crippen LogP contribution in [0.15, 0.2) is 35.0 Å². The molecule has 2 bridgehead atoms. The molecule has 7 heteroatoms. The average Bonchev–Trinajstić information content (AvgIpc) is 3.35. The summed E-state index contributed by atoms with van der Waals surface area (Å²) >= 11 is 0. The summed E-state index contributed by atoms with van der Waals surface area (Å²) < 4.78 is 11.8. The van der Waals surface area contributed by atoms with Crippen molar-refractivity contribution in [1.29, 1.82) is 0 Å². The molecule has 1 N–H and O–H groups in total. The van der Waals surface area contributed by atoms with E-state index in [1.54, 1.807) is 43.9 Å². The standard InChI is InChI=1S/C20H21NO6/c1-9-14(12-5-4-8-26-12)21-16(10(2)15(9)22)20-7-6-11(27-20)13(17(23)24)19(20,3)18(21)25/h4-11,13-14,16H,1-3H3,(H,23,24)/t9-,10-,11+,13-,14+,16-,19-,20+/m0/s1. The second kappa shape index (κ2) is 4.90. The normalized spacial score (nSPS) is 47.4. The lowest BCUT2D eigenvalue weighted by atomic mass is 9.61. The van der Waals surface area contributed by atoms with Crippen molar-refractivity contribution in [3.8, 4) is 0 Å². The summed E-state index contributed by atoms with van der Waals surface area (Å²) in [6.07, 6.45) is 4.41. The highest BCUT2D eigenvalue weighted by Crippen LogP contribution is 2.66. The first-order valence-electron chi connectivity index (χ1n) is 9.25. The Labute approximate surface area is 156 Å². The Morgan fingerprint density at radius 1 is 1.26 bits per heavy atom. The van der Waals surface area contributed by atoms with Crippen LogP contribution in [0.1, 0.15) is 32.6 Å². The third kappa shape index (κ3) is 1.61. The van der Waals surface area contributed by atoms with Crippen molar-refractivity contribution in [2.75, 3.05) is 0 Å². The number of carbonyl (C=O) groups excluding carboxylic acids is 2. The van der Waals surface area contributed by atoms with Crippen molar-refractivity contribution >= 4 is 17.7 Å². The van der Waals surface area contributed by atoms with Gasteiger partial charge < -0.3 is 19.2 Å². The van der Waals surface area contributed by atoms with E-state index >= 15 is 0 Å². The first-order chi connectivity index (χ1) is 12.8. The van der Waals surface area contributed by atoms with Gasteiger partial charge in [-0.15, -0.1) is 0 Å². The van der Waals surface area contributed by atoms with Crippen LogP contribution >= 0.6 is 0 Å². The largest absolute Gasteiger partial charge is 0.481 e. The second-order valence-corrected chi connectivity index (χ2v) is 8.35. The van der Waals surface area contributed by atoms with Crippen LogP contribution in [-0.4, -0.2) is 45.4 Å². The number of amides is 1. The van der Waals surface area contributed by atoms with Crippen molar-refractivity contribution < 1.29 is 28.6 Å². The first kappa shape index (κ1) is 16.7. The van der Waals surface area contributed by atoms with Gasteiger partial charge in [-0.1, -0.05) is 26.0 Å². The molecule has 0 radical (unpaired) electrons. The number of carboxylic acid groups (broad SMARTS) is 1. The summed E-state index contributed by atoms with van der Waals surface area (Å²) in [6, 6.07) is 2.36. The van der Waals surface area contributed by atoms with E-state index in [2.05, 4.69) is 0 Å². The predicted molar refractivity (Wildman–Crippen MR) is 91.4 cm³/mol. The fourth-order valence-corrected chi connectivity index (χ4v) is 6.07. The van der Waals surface area contributed by atoms with E-state index in [4.69, 9.17) is 9.15 Å². The zero-order valence-electron chi connectivity index (χ0n) is 15.3. The average molecular weight is 371 g/mol. The van der Waals surface area contributed by atoms with E-state index in [1.165, 1.54) is 6.26 Å². The predicted octanol–water partition coefficient (Wildman–Crippen LogP) is 1.80. The molecule has 0 unspecified atom stereocenters. The molecular formula is C20H21NO6. The van der Waals surface area contributed by atoms with Crippen molar-refractivity contribution in [3.63, 3.8) is 0 Å². The van der Waals surface area contributed by atoms with Crippen LogP contribution in [0.4, 0.5) is 0 Å². The SMILES string of the molecule is C[C@@H]1C(=O)[C@H](C)[C@@H]2N(C(=O)[C@]3(C)[C@H](C(=O)O)[C@H]4C=C[C@@]23O4)[C@H]1c1ccco1. The molecule has 1 amide bonds. The minimum atomic E-state index is -1.26. The van der Waals surface area contributed by atoms with Crippen LogP contribution in [-0.2, 0) is 19.1 Å². The van der Waals surface area contributed by atoms with Crippen molar-refractivity contribution in [2.24, 2.45) is 23.2 Å². The first-order valence-corrected chi connectivity index (χ1v) is 9.25. The second-order valence-electron chi connectivity index (χ2n) is 8.35. The number of ketones is 1. The Morgan fingerprint density at radius 2 is 2.00 bits per heavy atom. The van der Waals surface area contributed by atoms with Crippen LogP contribution in [0.5, 0.6) is 0 Å². The van der Waals surface area contributed by atoms with Gasteiger partial charge in [0.1, 0.15) is 23.1 Å². The lowest BCUT2D eigenvalue weighted by Gasteiger charge is -2.46. The highest BCUT2D eigenvalue weighted by molar-refractivity contribution is 5.98. The Bertz CT molecular complexity index is 890. The summed E-state index contributed by atoms with van der Waals surface area (Å²) in [5.41, 5.74) is -2.37. The molecular weight excluding hydrogens is 350 g/mol. The quantitative estimate of drug-likeness (QED) is 0.797. The summed E-state index contributed by atoms with van der Waals surface area (Å²) in [7, 11) is 0. The Kier molecular flexibility index (Phi) is 3.04. The molecule has 3 fully saturated rings. The summed E-state index contributed by atoms with van der Waals surface area (Å²) in [5.74, 6) is -2.66. The third-order valence-corrected chi connectivity index (χ3v) is 7.29. The number of hydrogen-bond acceptors (Lipinski definition) is 5. The lowest BCUT2D eigenvalue weighted by molar-refractivity contribution is -0.158. The number of ether oxygens (including phenoxy) is 1. The molecule has 1 aromatic heterocycles. The molecule has 4 aliphatic rings. The molecule has 1 spiro atoms. The third-order valence-electron chi connectivity index (χ3n) is 7.29. The minimum absolute atomic E-state index is 0.0308. The van der Waals surface area contributed by atoms with Gasteiger partial charge in [-0.2, -0.15) is 0 Å². The number of carbonyl (C=O) groups is 3. The Balaban J connectivity index is 1.74. The number of furan rings is 1. The van der Waals surface area contributed by atoms with E-state index in [-0.39, 0.29) is 11.7 Å². The van der Waals surface area contributed by atoms with Crippen LogP contribution in [0, 0.1) is 23.2 Å². The topological polar surface area (TPSA) is 97.1 Å². The fraction of sp³-hybridized carbons (Fsp3) is 0.550. The molecule has 1 aromatic rings. The van der Waals surface area contributed by atoms with E-state index in [9.17, 15) is 19.5 Å². The number of aliphatic carboxylic acids is 1. The highest BCUT2D eigenvalue weighted by atomic mass is 16.5. The fourth-order valence-electron chi connectivity index (χ4n) is 6.07. The monoisotopic (exact) mass is 371 g/mol. The molecule has 7 nitrogen and oxygen atoms in total. The molecule has 27 heavy (non-hydrogen) atoms. The number of rotatable bonds is 2. The molecule has 0 aliphatic carbocycles. The summed E-state index contributed by atoms with van der Waals surface area (Å²) in [4.78, 5) is 40.5. The zero-order valence-corrected chi connectivity index (χ0v) is 15.3. The number of piperidine rings is 1. The van der Waals surface area contributed by atoms with Gasteiger partial charge in [0.15, 0.2) is 0 Å². The molecule has 3 saturated heterocycles. The van der Waals surface area contributed by atoms with Crippen LogP contribution < -0.4 is 0 Å². The molecule has 0 saturated carbocycles. The van der Waals surface area contributed by atoms with E-state index in [1.807, 2.05) is 6.08 Å². The minimum Gasteiger partial charge on any atom is -0.481 e. The smallest absolute Gasteiger partial charge is 0.310 e. The maximum atomic E-state index is 13.7. The van der Waals surface area contributed by atoms with Crippen molar-refractivity contribution in [2.45, 2.75) is 44.6 Å². The van der Waals surface area contributed by atoms with Gasteiger partial charge in [-0.25, -0.2) is 0 Å². The van der Waals surface area contributed by atoms with Gasteiger partial charge in [-0.05, 0) is 19.1 Å². The summed E-state index contributed by atoms with van der Waals surface area (Å²) in [6.45, 7) is 5.28. The van der Waals surface area contributed by atoms with Gasteiger partial charge in [-0.3, -0.25) is 14.4 Å². The van der Waals surface area contributed by atoms with Crippen LogP contribution in [0.3, 0.4) is 0 Å². The molecule has 5 rings (SSSR count). The summed E-state index contributed by atoms with van der Waals surface area (Å²) in [5, 5.41) is 9.85. The van der Waals surface area contributed by atoms with E-state index in [0.717, 1.165) is 0 Å². The van der Waals surface area contributed by atoms with E-state index < -0.39 is 52.9 Å². The number of carboxylic acids is 1. The molecule has 4 aliphatic heterocycles. The molecule has 142 valence electrons. The maximum absolute atomic E-state index is 13.7. The maximum Gasteiger partial charge on any atom is 0.310 e. The number of Topliss-reactive ketones (excluding diaryl/α,β-unsaturated/α-hetero) is 1. The number of nitrogens with zero attached hydrogens (tertiary/aromatic N) is 1. The zero-order chi connectivity index (χ0) is 19.3. The Morgan fingerprint density at radius 3 is 2.63 bits per heavy atom. The Hall–Kier alpha value is -2.41. The molecule has 8 atom stereocenters. The van der Waals surface area contributed by atoms with Crippen molar-refractivity contribution in [1.82, 2.24) is 4.90 Å². The number of fused-ring (bicyclic) bond motifs is 2. The highest BCUT2D eigenvalue weighted by Gasteiger charge is 2.81. The van der Waals surface area contributed by atoms with Crippen LogP contribution in [0.25, 0.3) is 0 Å². The lowest BCUT2D eigenvalue weighted by Crippen LogP contribution is -2.58. The van der Waals surface area contributed by atoms with Crippen LogP contribution in [0.2, 0.25) is 0 Å². The van der Waals surface area contributed by atoms with Gasteiger partial charge in [0.25, 0.3) is 0 Å². The van der Waals surface area contributed by atoms with Gasteiger partial charge in [0.05, 0.1) is 29.9 Å². The molecule has 5 heterocycles. The van der Waals surface area contributed by atoms with E-state index in [0.29, 0.717) is 5.76 Å². The number of hydrogen-bond donors (Lipinski definition) is 1. The van der Waals surface area contributed by atoms with Gasteiger partial charge in [0.2, 0.25) is 5.91 Å². The molecule has 0 aromatic carbocycles. The van der Waals surface area contributed by atoms with Gasteiger partial charge in [0, 0.05) is 11.8 Å². The van der Waals surface area contributed by atoms with Crippen molar-refractivity contribution in [3.05, 3.63) is 36.3 Å².